The molecule has 0 aliphatic heterocycles. The Bertz CT molecular complexity index is 1100. The molecule has 2 aromatic rings. The third kappa shape index (κ3) is 12.3. The van der Waals surface area contributed by atoms with Crippen molar-refractivity contribution >= 4 is 18.0 Å². The van der Waals surface area contributed by atoms with Crippen molar-refractivity contribution in [1.82, 2.24) is 10.6 Å². The number of hydrogen-bond acceptors (Lipinski definition) is 4. The number of carboxylic acid groups (broad SMARTS) is 1. The summed E-state index contributed by atoms with van der Waals surface area (Å²) in [7, 11) is 0. The Morgan fingerprint density at radius 2 is 1.25 bits per heavy atom. The van der Waals surface area contributed by atoms with E-state index in [1.54, 1.807) is 0 Å². The number of carboxylic acids is 1. The third-order valence-corrected chi connectivity index (χ3v) is 8.68. The Labute approximate surface area is 264 Å². The largest absolute Gasteiger partial charge is 0.480 e. The highest BCUT2D eigenvalue weighted by molar-refractivity contribution is 5.81. The molecule has 7 nitrogen and oxygen atoms in total. The number of carbonyl (C=O) groups excluding carboxylic acids is 2. The fourth-order valence-corrected chi connectivity index (χ4v) is 6.13. The number of nitrogens with one attached hydrogen (secondary N) is 2. The number of ether oxygens (including phenoxy) is 1. The first-order valence-corrected chi connectivity index (χ1v) is 17.1. The first-order valence-electron chi connectivity index (χ1n) is 17.1. The second kappa shape index (κ2) is 20.6. The lowest BCUT2D eigenvalue weighted by Gasteiger charge is -2.17. The Kier molecular flexibility index (Phi) is 16.4. The van der Waals surface area contributed by atoms with Crippen LogP contribution in [0, 0.1) is 0 Å². The summed E-state index contributed by atoms with van der Waals surface area (Å²) in [4.78, 5) is 36.4. The van der Waals surface area contributed by atoms with Gasteiger partial charge in [-0.3, -0.25) is 4.79 Å². The van der Waals surface area contributed by atoms with Crippen molar-refractivity contribution < 1.29 is 24.2 Å². The molecule has 2 aromatic carbocycles. The highest BCUT2D eigenvalue weighted by Gasteiger charge is 2.29. The van der Waals surface area contributed by atoms with Gasteiger partial charge in [0.25, 0.3) is 0 Å². The summed E-state index contributed by atoms with van der Waals surface area (Å²) < 4.78 is 5.51. The van der Waals surface area contributed by atoms with Crippen molar-refractivity contribution in [3.8, 4) is 11.1 Å². The van der Waals surface area contributed by atoms with Crippen molar-refractivity contribution in [1.29, 1.82) is 0 Å². The van der Waals surface area contributed by atoms with E-state index in [1.165, 1.54) is 70.6 Å². The number of hydrogen-bond donors (Lipinski definition) is 3. The van der Waals surface area contributed by atoms with Gasteiger partial charge in [0.1, 0.15) is 12.6 Å². The van der Waals surface area contributed by atoms with Crippen LogP contribution in [0.15, 0.2) is 48.5 Å². The molecule has 242 valence electrons. The number of amides is 2. The van der Waals surface area contributed by atoms with Gasteiger partial charge in [0.2, 0.25) is 5.91 Å². The van der Waals surface area contributed by atoms with Crippen LogP contribution in [0.3, 0.4) is 0 Å². The predicted molar refractivity (Wildman–Crippen MR) is 177 cm³/mol. The lowest BCUT2D eigenvalue weighted by molar-refractivity contribution is -0.139. The maximum absolute atomic E-state index is 12.5. The van der Waals surface area contributed by atoms with Gasteiger partial charge in [-0.05, 0) is 47.9 Å². The maximum atomic E-state index is 12.5. The SMILES string of the molecule is CCCCCCCCCCCCCCCC(=O)NCCCC[C@H](NC(=O)OCC1c2ccccc2-c2ccccc21)C(=O)O. The zero-order valence-corrected chi connectivity index (χ0v) is 26.8. The lowest BCUT2D eigenvalue weighted by Crippen LogP contribution is -2.41. The molecule has 3 rings (SSSR count). The number of alkyl carbamates (subject to hydrolysis) is 1. The van der Waals surface area contributed by atoms with Crippen molar-refractivity contribution in [2.45, 2.75) is 128 Å². The average molecular weight is 607 g/mol. The molecule has 0 aromatic heterocycles. The van der Waals surface area contributed by atoms with Crippen LogP contribution in [0.4, 0.5) is 4.79 Å². The minimum atomic E-state index is -1.09. The molecule has 0 spiro atoms. The quantitative estimate of drug-likeness (QED) is 0.110. The zero-order valence-electron chi connectivity index (χ0n) is 26.8. The summed E-state index contributed by atoms with van der Waals surface area (Å²) in [6.45, 7) is 2.90. The van der Waals surface area contributed by atoms with Crippen LogP contribution >= 0.6 is 0 Å². The number of unbranched alkanes of at least 4 members (excludes halogenated alkanes) is 13. The molecule has 0 heterocycles. The van der Waals surface area contributed by atoms with Gasteiger partial charge in [-0.1, -0.05) is 133 Å². The highest BCUT2D eigenvalue weighted by Crippen LogP contribution is 2.44. The normalized spacial score (nSPS) is 12.8. The van der Waals surface area contributed by atoms with E-state index in [0.29, 0.717) is 25.8 Å². The molecule has 3 N–H and O–H groups in total. The lowest BCUT2D eigenvalue weighted by atomic mass is 9.98. The third-order valence-electron chi connectivity index (χ3n) is 8.68. The zero-order chi connectivity index (χ0) is 31.4. The van der Waals surface area contributed by atoms with Crippen LogP contribution in [0.5, 0.6) is 0 Å². The Morgan fingerprint density at radius 3 is 1.80 bits per heavy atom. The molecule has 0 bridgehead atoms. The molecule has 0 fully saturated rings. The van der Waals surface area contributed by atoms with E-state index < -0.39 is 18.1 Å². The maximum Gasteiger partial charge on any atom is 0.407 e. The second-order valence-corrected chi connectivity index (χ2v) is 12.2. The van der Waals surface area contributed by atoms with E-state index >= 15 is 0 Å². The van der Waals surface area contributed by atoms with E-state index in [-0.39, 0.29) is 24.9 Å². The monoisotopic (exact) mass is 606 g/mol. The average Bonchev–Trinajstić information content (AvgIpc) is 3.35. The second-order valence-electron chi connectivity index (χ2n) is 12.2. The molecule has 7 heteroatoms. The number of carbonyl (C=O) groups is 3. The number of rotatable bonds is 23. The van der Waals surface area contributed by atoms with E-state index in [4.69, 9.17) is 4.74 Å². The summed E-state index contributed by atoms with van der Waals surface area (Å²) in [5.41, 5.74) is 4.48. The summed E-state index contributed by atoms with van der Waals surface area (Å²) >= 11 is 0. The Morgan fingerprint density at radius 1 is 0.727 bits per heavy atom. The number of aliphatic carboxylic acids is 1. The molecule has 1 atom stereocenters. The van der Waals surface area contributed by atoms with Crippen molar-refractivity contribution in [3.05, 3.63) is 59.7 Å². The molecule has 44 heavy (non-hydrogen) atoms. The fraction of sp³-hybridized carbons (Fsp3) is 0.595. The molecule has 0 saturated heterocycles. The van der Waals surface area contributed by atoms with Gasteiger partial charge in [-0.2, -0.15) is 0 Å². The van der Waals surface area contributed by atoms with E-state index in [1.807, 2.05) is 36.4 Å². The summed E-state index contributed by atoms with van der Waals surface area (Å²) in [6, 6.07) is 15.1. The standard InChI is InChI=1S/C37H54N2O5/c1-2-3-4-5-6-7-8-9-10-11-12-13-14-26-35(40)38-27-20-19-25-34(36(41)42)39-37(43)44-28-33-31-23-17-15-21-29(31)30-22-16-18-24-32(30)33/h15-18,21-24,33-34H,2-14,19-20,25-28H2,1H3,(H,38,40)(H,39,43)(H,41,42)/t34-/m0/s1. The van der Waals surface area contributed by atoms with Crippen LogP contribution in [0.25, 0.3) is 11.1 Å². The summed E-state index contributed by atoms with van der Waals surface area (Å²) in [6.07, 6.45) is 17.9. The fourth-order valence-electron chi connectivity index (χ4n) is 6.13. The molecule has 1 aliphatic rings. The molecule has 0 unspecified atom stereocenters. The first-order chi connectivity index (χ1) is 21.5. The molecular formula is C37H54N2O5. The van der Waals surface area contributed by atoms with E-state index in [2.05, 4.69) is 29.7 Å². The van der Waals surface area contributed by atoms with Crippen LogP contribution in [0.2, 0.25) is 0 Å². The van der Waals surface area contributed by atoms with Gasteiger partial charge >= 0.3 is 12.1 Å². The van der Waals surface area contributed by atoms with Crippen molar-refractivity contribution in [3.63, 3.8) is 0 Å². The van der Waals surface area contributed by atoms with Gasteiger partial charge in [-0.15, -0.1) is 0 Å². The smallest absolute Gasteiger partial charge is 0.407 e. The van der Waals surface area contributed by atoms with Crippen LogP contribution < -0.4 is 10.6 Å². The summed E-state index contributed by atoms with van der Waals surface area (Å²) in [5.74, 6) is -1.12. The minimum Gasteiger partial charge on any atom is -0.480 e. The Hall–Kier alpha value is -3.35. The van der Waals surface area contributed by atoms with Gasteiger partial charge < -0.3 is 20.5 Å². The molecular weight excluding hydrogens is 552 g/mol. The van der Waals surface area contributed by atoms with E-state index in [9.17, 15) is 19.5 Å². The van der Waals surface area contributed by atoms with Gasteiger partial charge in [0, 0.05) is 18.9 Å². The van der Waals surface area contributed by atoms with Gasteiger partial charge in [-0.25, -0.2) is 9.59 Å². The van der Waals surface area contributed by atoms with Crippen LogP contribution in [0.1, 0.15) is 133 Å². The number of fused-ring (bicyclic) bond motifs is 3. The summed E-state index contributed by atoms with van der Waals surface area (Å²) in [5, 5.41) is 15.1. The number of benzene rings is 2. The van der Waals surface area contributed by atoms with Crippen molar-refractivity contribution in [2.75, 3.05) is 13.2 Å². The first kappa shape index (κ1) is 35.1. The molecule has 0 radical (unpaired) electrons. The Balaban J connectivity index is 1.21. The van der Waals surface area contributed by atoms with Crippen LogP contribution in [-0.2, 0) is 14.3 Å². The van der Waals surface area contributed by atoms with Crippen molar-refractivity contribution in [2.24, 2.45) is 0 Å². The van der Waals surface area contributed by atoms with Gasteiger partial charge in [0.15, 0.2) is 0 Å². The topological polar surface area (TPSA) is 105 Å². The molecule has 2 amide bonds. The van der Waals surface area contributed by atoms with Crippen LogP contribution in [-0.4, -0.2) is 42.3 Å². The highest BCUT2D eigenvalue weighted by atomic mass is 16.5. The minimum absolute atomic E-state index is 0.0552. The molecule has 1 aliphatic carbocycles. The van der Waals surface area contributed by atoms with Gasteiger partial charge in [0.05, 0.1) is 0 Å². The molecule has 0 saturated carbocycles. The van der Waals surface area contributed by atoms with E-state index in [0.717, 1.165) is 35.1 Å². The predicted octanol–water partition coefficient (Wildman–Crippen LogP) is 8.75.